The first kappa shape index (κ1) is 16.4. The van der Waals surface area contributed by atoms with Crippen molar-refractivity contribution in [2.24, 2.45) is 4.99 Å². The maximum Gasteiger partial charge on any atom is 0.252 e. The third-order valence-electron chi connectivity index (χ3n) is 4.12. The number of carbonyl (C=O) groups excluding carboxylic acids is 1. The van der Waals surface area contributed by atoms with Gasteiger partial charge in [-0.05, 0) is 12.5 Å². The highest BCUT2D eigenvalue weighted by Gasteiger charge is 2.17. The van der Waals surface area contributed by atoms with Crippen molar-refractivity contribution in [2.75, 3.05) is 6.79 Å². The fourth-order valence-corrected chi connectivity index (χ4v) is 3.87. The van der Waals surface area contributed by atoms with Crippen LogP contribution in [0.15, 0.2) is 41.4 Å². The molecule has 1 amide bonds. The third-order valence-corrected chi connectivity index (χ3v) is 5.16. The molecule has 6 heteroatoms. The standard InChI is InChI=1S/C20H16N2O3S/c1-3-8-22-15-10-16-17(25-12-24-16)11-18(15)26-20(22)21-19(23)9-14-6-4-13(2)5-7-14/h1,4-7,10-11H,8-9,12H2,2H3. The fourth-order valence-electron chi connectivity index (χ4n) is 2.82. The molecule has 1 aliphatic heterocycles. The number of amides is 1. The first-order valence-electron chi connectivity index (χ1n) is 8.13. The molecule has 0 aliphatic carbocycles. The Morgan fingerprint density at radius 3 is 2.73 bits per heavy atom. The molecule has 0 N–H and O–H groups in total. The summed E-state index contributed by atoms with van der Waals surface area (Å²) in [5, 5.41) is 0. The minimum absolute atomic E-state index is 0.203. The smallest absolute Gasteiger partial charge is 0.252 e. The molecule has 0 atom stereocenters. The van der Waals surface area contributed by atoms with E-state index in [9.17, 15) is 4.79 Å². The molecule has 4 rings (SSSR count). The maximum absolute atomic E-state index is 12.4. The molecule has 5 nitrogen and oxygen atoms in total. The number of terminal acetylenes is 1. The number of carbonyl (C=O) groups is 1. The largest absolute Gasteiger partial charge is 0.454 e. The number of ether oxygens (including phenoxy) is 2. The minimum atomic E-state index is -0.203. The fraction of sp³-hybridized carbons (Fsp3) is 0.200. The highest BCUT2D eigenvalue weighted by atomic mass is 32.1. The summed E-state index contributed by atoms with van der Waals surface area (Å²) < 4.78 is 13.7. The van der Waals surface area contributed by atoms with E-state index in [1.807, 2.05) is 47.9 Å². The van der Waals surface area contributed by atoms with Crippen LogP contribution in [0.5, 0.6) is 11.5 Å². The van der Waals surface area contributed by atoms with Crippen LogP contribution in [-0.2, 0) is 17.8 Å². The summed E-state index contributed by atoms with van der Waals surface area (Å²) in [5.74, 6) is 3.80. The van der Waals surface area contributed by atoms with E-state index in [1.54, 1.807) is 0 Å². The van der Waals surface area contributed by atoms with Crippen LogP contribution in [0, 0.1) is 19.3 Å². The average molecular weight is 364 g/mol. The van der Waals surface area contributed by atoms with Crippen LogP contribution in [0.2, 0.25) is 0 Å². The van der Waals surface area contributed by atoms with E-state index >= 15 is 0 Å². The van der Waals surface area contributed by atoms with Gasteiger partial charge >= 0.3 is 0 Å². The molecule has 2 heterocycles. The van der Waals surface area contributed by atoms with Crippen molar-refractivity contribution in [1.82, 2.24) is 4.57 Å². The van der Waals surface area contributed by atoms with E-state index in [4.69, 9.17) is 15.9 Å². The van der Waals surface area contributed by atoms with E-state index in [-0.39, 0.29) is 19.1 Å². The summed E-state index contributed by atoms with van der Waals surface area (Å²) in [5.41, 5.74) is 2.99. The lowest BCUT2D eigenvalue weighted by Gasteiger charge is -2.01. The molecule has 1 aliphatic rings. The summed E-state index contributed by atoms with van der Waals surface area (Å²) in [4.78, 5) is 17.3. The van der Waals surface area contributed by atoms with Crippen LogP contribution in [-0.4, -0.2) is 17.3 Å². The maximum atomic E-state index is 12.4. The van der Waals surface area contributed by atoms with E-state index in [0.29, 0.717) is 22.8 Å². The first-order valence-corrected chi connectivity index (χ1v) is 8.95. The lowest BCUT2D eigenvalue weighted by molar-refractivity contribution is -0.117. The normalized spacial score (nSPS) is 13.2. The van der Waals surface area contributed by atoms with Crippen LogP contribution in [0.1, 0.15) is 11.1 Å². The number of thiazole rings is 1. The number of hydrogen-bond donors (Lipinski definition) is 0. The highest BCUT2D eigenvalue weighted by Crippen LogP contribution is 2.36. The van der Waals surface area contributed by atoms with Gasteiger partial charge in [0.1, 0.15) is 0 Å². The van der Waals surface area contributed by atoms with Crippen LogP contribution in [0.3, 0.4) is 0 Å². The predicted molar refractivity (Wildman–Crippen MR) is 100 cm³/mol. The Morgan fingerprint density at radius 2 is 2.00 bits per heavy atom. The van der Waals surface area contributed by atoms with Crippen molar-refractivity contribution in [1.29, 1.82) is 0 Å². The van der Waals surface area contributed by atoms with Crippen molar-refractivity contribution in [3.63, 3.8) is 0 Å². The second-order valence-electron chi connectivity index (χ2n) is 6.02. The SMILES string of the molecule is C#CCn1c(=NC(=O)Cc2ccc(C)cc2)sc2cc3c(cc21)OCO3. The number of hydrogen-bond acceptors (Lipinski definition) is 4. The monoisotopic (exact) mass is 364 g/mol. The second kappa shape index (κ2) is 6.70. The van der Waals surface area contributed by atoms with Crippen molar-refractivity contribution in [2.45, 2.75) is 19.9 Å². The van der Waals surface area contributed by atoms with Crippen molar-refractivity contribution in [3.05, 3.63) is 52.3 Å². The summed E-state index contributed by atoms with van der Waals surface area (Å²) in [7, 11) is 0. The van der Waals surface area contributed by atoms with E-state index in [2.05, 4.69) is 10.9 Å². The average Bonchev–Trinajstić information content (AvgIpc) is 3.20. The van der Waals surface area contributed by atoms with Gasteiger partial charge in [0, 0.05) is 12.1 Å². The molecule has 0 bridgehead atoms. The van der Waals surface area contributed by atoms with Gasteiger partial charge in [0.05, 0.1) is 23.2 Å². The molecule has 0 saturated heterocycles. The van der Waals surface area contributed by atoms with E-state index in [0.717, 1.165) is 21.3 Å². The molecule has 0 spiro atoms. The zero-order valence-corrected chi connectivity index (χ0v) is 15.0. The Hall–Kier alpha value is -3.04. The Morgan fingerprint density at radius 1 is 1.27 bits per heavy atom. The number of benzene rings is 2. The number of aryl methyl sites for hydroxylation is 1. The zero-order chi connectivity index (χ0) is 18.1. The molecule has 0 radical (unpaired) electrons. The predicted octanol–water partition coefficient (Wildman–Crippen LogP) is 3.04. The molecule has 1 aromatic heterocycles. The van der Waals surface area contributed by atoms with Crippen LogP contribution < -0.4 is 14.3 Å². The highest BCUT2D eigenvalue weighted by molar-refractivity contribution is 7.16. The summed E-state index contributed by atoms with van der Waals surface area (Å²) >= 11 is 1.42. The quantitative estimate of drug-likeness (QED) is 0.671. The van der Waals surface area contributed by atoms with Crippen LogP contribution in [0.4, 0.5) is 0 Å². The summed E-state index contributed by atoms with van der Waals surface area (Å²) in [6, 6.07) is 11.7. The summed E-state index contributed by atoms with van der Waals surface area (Å²) in [6.45, 7) is 2.56. The van der Waals surface area contributed by atoms with Gasteiger partial charge in [0.25, 0.3) is 5.91 Å². The molecular formula is C20H16N2O3S. The number of fused-ring (bicyclic) bond motifs is 2. The molecule has 3 aromatic rings. The van der Waals surface area contributed by atoms with Crippen LogP contribution >= 0.6 is 11.3 Å². The lowest BCUT2D eigenvalue weighted by Crippen LogP contribution is -2.17. The van der Waals surface area contributed by atoms with Crippen molar-refractivity contribution in [3.8, 4) is 23.8 Å². The Bertz CT molecular complexity index is 1100. The Labute approximate surface area is 154 Å². The second-order valence-corrected chi connectivity index (χ2v) is 7.03. The lowest BCUT2D eigenvalue weighted by atomic mass is 10.1. The number of rotatable bonds is 3. The van der Waals surface area contributed by atoms with Gasteiger partial charge < -0.3 is 14.0 Å². The number of aromatic nitrogens is 1. The van der Waals surface area contributed by atoms with Gasteiger partial charge in [-0.3, -0.25) is 4.79 Å². The first-order chi connectivity index (χ1) is 12.6. The Balaban J connectivity index is 1.73. The van der Waals surface area contributed by atoms with Gasteiger partial charge in [-0.2, -0.15) is 4.99 Å². The molecule has 26 heavy (non-hydrogen) atoms. The van der Waals surface area contributed by atoms with Gasteiger partial charge in [0.2, 0.25) is 6.79 Å². The Kier molecular flexibility index (Phi) is 4.23. The molecule has 0 unspecified atom stereocenters. The topological polar surface area (TPSA) is 52.8 Å². The molecule has 0 fully saturated rings. The third kappa shape index (κ3) is 3.09. The number of nitrogens with zero attached hydrogens (tertiary/aromatic N) is 2. The molecular weight excluding hydrogens is 348 g/mol. The van der Waals surface area contributed by atoms with Gasteiger partial charge in [-0.1, -0.05) is 47.1 Å². The molecule has 0 saturated carbocycles. The van der Waals surface area contributed by atoms with E-state index in [1.165, 1.54) is 11.3 Å². The van der Waals surface area contributed by atoms with Gasteiger partial charge in [-0.15, -0.1) is 6.42 Å². The minimum Gasteiger partial charge on any atom is -0.454 e. The molecule has 130 valence electrons. The summed E-state index contributed by atoms with van der Waals surface area (Å²) in [6.07, 6.45) is 5.77. The van der Waals surface area contributed by atoms with E-state index < -0.39 is 0 Å². The van der Waals surface area contributed by atoms with Gasteiger partial charge in [-0.25, -0.2) is 0 Å². The molecule has 2 aromatic carbocycles. The van der Waals surface area contributed by atoms with Crippen molar-refractivity contribution >= 4 is 27.5 Å². The zero-order valence-electron chi connectivity index (χ0n) is 14.2. The van der Waals surface area contributed by atoms with Gasteiger partial charge in [0.15, 0.2) is 16.3 Å². The van der Waals surface area contributed by atoms with Crippen molar-refractivity contribution < 1.29 is 14.3 Å². The van der Waals surface area contributed by atoms with Crippen LogP contribution in [0.25, 0.3) is 10.2 Å².